The van der Waals surface area contributed by atoms with Gasteiger partial charge in [-0.3, -0.25) is 8.37 Å². The Morgan fingerprint density at radius 3 is 1.76 bits per heavy atom. The normalized spacial score (nSPS) is 14.3. The third-order valence-corrected chi connectivity index (χ3v) is 8.25. The van der Waals surface area contributed by atoms with E-state index >= 15 is 0 Å². The maximum absolute atomic E-state index is 14.9. The molecule has 0 aliphatic carbocycles. The SMILES string of the molecule is CCC(C)(CCCCS(=O)(=O)OC)c1c(F)c(F)c(F)c(F)c1NCCCCS(=O)(=O)OC. The maximum Gasteiger partial charge on any atom is 0.267 e. The van der Waals surface area contributed by atoms with Crippen LogP contribution in [0.25, 0.3) is 0 Å². The predicted molar refractivity (Wildman–Crippen MR) is 117 cm³/mol. The van der Waals surface area contributed by atoms with Crippen molar-refractivity contribution in [1.29, 1.82) is 0 Å². The van der Waals surface area contributed by atoms with Crippen molar-refractivity contribution in [1.82, 2.24) is 0 Å². The summed E-state index contributed by atoms with van der Waals surface area (Å²) in [5.41, 5.74) is -2.05. The number of anilines is 1. The van der Waals surface area contributed by atoms with Gasteiger partial charge in [-0.25, -0.2) is 17.6 Å². The maximum atomic E-state index is 14.9. The fourth-order valence-corrected chi connectivity index (χ4v) is 4.87. The highest BCUT2D eigenvalue weighted by molar-refractivity contribution is 7.86. The summed E-state index contributed by atoms with van der Waals surface area (Å²) in [5.74, 6) is -7.54. The van der Waals surface area contributed by atoms with Crippen LogP contribution >= 0.6 is 0 Å². The first kappa shape index (κ1) is 29.6. The number of hydrogen-bond acceptors (Lipinski definition) is 7. The van der Waals surface area contributed by atoms with E-state index in [0.717, 1.165) is 14.2 Å². The van der Waals surface area contributed by atoms with Crippen molar-refractivity contribution in [3.05, 3.63) is 28.8 Å². The van der Waals surface area contributed by atoms with E-state index in [1.165, 1.54) is 0 Å². The van der Waals surface area contributed by atoms with Gasteiger partial charge in [-0.15, -0.1) is 0 Å². The first-order valence-electron chi connectivity index (χ1n) is 10.4. The number of rotatable bonds is 15. The lowest BCUT2D eigenvalue weighted by molar-refractivity contribution is 0.353. The molecule has 1 aromatic rings. The molecule has 0 bridgehead atoms. The molecule has 7 nitrogen and oxygen atoms in total. The highest BCUT2D eigenvalue weighted by atomic mass is 32.2. The summed E-state index contributed by atoms with van der Waals surface area (Å²) < 4.78 is 112. The van der Waals surface area contributed by atoms with E-state index in [4.69, 9.17) is 0 Å². The van der Waals surface area contributed by atoms with Gasteiger partial charge < -0.3 is 5.32 Å². The van der Waals surface area contributed by atoms with Gasteiger partial charge in [0.25, 0.3) is 20.2 Å². The third-order valence-electron chi connectivity index (χ3n) is 5.65. The van der Waals surface area contributed by atoms with Crippen LogP contribution in [0.2, 0.25) is 0 Å². The Kier molecular flexibility index (Phi) is 11.0. The molecule has 0 aliphatic rings. The van der Waals surface area contributed by atoms with E-state index in [9.17, 15) is 34.4 Å². The summed E-state index contributed by atoms with van der Waals surface area (Å²) in [4.78, 5) is 0. The molecule has 0 aromatic heterocycles. The molecule has 33 heavy (non-hydrogen) atoms. The zero-order valence-corrected chi connectivity index (χ0v) is 20.8. The van der Waals surface area contributed by atoms with E-state index in [-0.39, 0.29) is 62.1 Å². The Balaban J connectivity index is 3.13. The minimum absolute atomic E-state index is 0.0282. The standard InChI is InChI=1S/C20H31F4NO6S2/c1-5-20(2,10-6-8-12-32(26,27)30-3)14-15(21)16(22)17(23)18(24)19(14)25-11-7-9-13-33(28,29)31-4/h25H,5-13H2,1-4H3. The second-order valence-corrected chi connectivity index (χ2v) is 11.6. The Hall–Kier alpha value is -1.44. The lowest BCUT2D eigenvalue weighted by Gasteiger charge is -2.32. The first-order chi connectivity index (χ1) is 15.2. The highest BCUT2D eigenvalue weighted by Gasteiger charge is 2.36. The average molecular weight is 522 g/mol. The summed E-state index contributed by atoms with van der Waals surface area (Å²) in [6.07, 6.45) is 1.21. The van der Waals surface area contributed by atoms with Crippen LogP contribution in [0.4, 0.5) is 23.2 Å². The molecule has 1 atom stereocenters. The lowest BCUT2D eigenvalue weighted by atomic mass is 9.74. The first-order valence-corrected chi connectivity index (χ1v) is 13.6. The average Bonchev–Trinajstić information content (AvgIpc) is 2.78. The van der Waals surface area contributed by atoms with Crippen molar-refractivity contribution in [2.45, 2.75) is 57.8 Å². The molecule has 1 aromatic carbocycles. The van der Waals surface area contributed by atoms with Gasteiger partial charge in [0.2, 0.25) is 0 Å². The smallest absolute Gasteiger partial charge is 0.267 e. The van der Waals surface area contributed by atoms with Crippen molar-refractivity contribution in [3.63, 3.8) is 0 Å². The fourth-order valence-electron chi connectivity index (χ4n) is 3.42. The van der Waals surface area contributed by atoms with Crippen molar-refractivity contribution in [3.8, 4) is 0 Å². The van der Waals surface area contributed by atoms with Gasteiger partial charge in [-0.1, -0.05) is 20.3 Å². The van der Waals surface area contributed by atoms with E-state index in [0.29, 0.717) is 0 Å². The zero-order chi connectivity index (χ0) is 25.4. The molecular formula is C20H31F4NO6S2. The molecule has 1 unspecified atom stereocenters. The summed E-state index contributed by atoms with van der Waals surface area (Å²) in [6, 6.07) is 0. The molecule has 0 saturated carbocycles. The molecule has 0 amide bonds. The van der Waals surface area contributed by atoms with Crippen LogP contribution < -0.4 is 5.32 Å². The molecule has 0 aliphatic heterocycles. The van der Waals surface area contributed by atoms with Crippen LogP contribution in [-0.2, 0) is 34.0 Å². The van der Waals surface area contributed by atoms with E-state index in [1.54, 1.807) is 13.8 Å². The van der Waals surface area contributed by atoms with Crippen LogP contribution in [0.5, 0.6) is 0 Å². The summed E-state index contributed by atoms with van der Waals surface area (Å²) in [5, 5.41) is 2.59. The number of hydrogen-bond donors (Lipinski definition) is 1. The van der Waals surface area contributed by atoms with Crippen molar-refractivity contribution >= 4 is 25.9 Å². The molecule has 0 spiro atoms. The van der Waals surface area contributed by atoms with Gasteiger partial charge >= 0.3 is 0 Å². The third kappa shape index (κ3) is 8.08. The van der Waals surface area contributed by atoms with Crippen LogP contribution in [0.1, 0.15) is 57.9 Å². The van der Waals surface area contributed by atoms with Crippen LogP contribution in [0.3, 0.4) is 0 Å². The van der Waals surface area contributed by atoms with Gasteiger partial charge in [0, 0.05) is 12.1 Å². The lowest BCUT2D eigenvalue weighted by Crippen LogP contribution is -2.27. The minimum atomic E-state index is -3.68. The molecule has 0 radical (unpaired) electrons. The van der Waals surface area contributed by atoms with Crippen molar-refractivity contribution < 1.29 is 42.8 Å². The molecule has 1 rings (SSSR count). The summed E-state index contributed by atoms with van der Waals surface area (Å²) in [7, 11) is -5.30. The molecule has 13 heteroatoms. The number of nitrogens with one attached hydrogen (secondary N) is 1. The summed E-state index contributed by atoms with van der Waals surface area (Å²) in [6.45, 7) is 3.20. The van der Waals surface area contributed by atoms with Crippen LogP contribution in [-0.4, -0.2) is 49.1 Å². The predicted octanol–water partition coefficient (Wildman–Crippen LogP) is 4.23. The van der Waals surface area contributed by atoms with Gasteiger partial charge in [-0.2, -0.15) is 16.8 Å². The quantitative estimate of drug-likeness (QED) is 0.121. The molecule has 0 saturated heterocycles. The topological polar surface area (TPSA) is 98.8 Å². The Morgan fingerprint density at radius 1 is 0.788 bits per heavy atom. The van der Waals surface area contributed by atoms with Crippen molar-refractivity contribution in [2.24, 2.45) is 0 Å². The molecule has 0 heterocycles. The van der Waals surface area contributed by atoms with Gasteiger partial charge in [0.05, 0.1) is 31.4 Å². The molecular weight excluding hydrogens is 490 g/mol. The molecule has 0 fully saturated rings. The Labute approximate surface area is 193 Å². The van der Waals surface area contributed by atoms with E-state index in [2.05, 4.69) is 13.7 Å². The van der Waals surface area contributed by atoms with Gasteiger partial charge in [0.1, 0.15) is 0 Å². The Bertz CT molecular complexity index is 1020. The summed E-state index contributed by atoms with van der Waals surface area (Å²) >= 11 is 0. The van der Waals surface area contributed by atoms with Crippen LogP contribution in [0, 0.1) is 23.3 Å². The van der Waals surface area contributed by atoms with Crippen LogP contribution in [0.15, 0.2) is 0 Å². The fraction of sp³-hybridized carbons (Fsp3) is 0.700. The second kappa shape index (κ2) is 12.3. The van der Waals surface area contributed by atoms with Crippen molar-refractivity contribution in [2.75, 3.05) is 37.6 Å². The van der Waals surface area contributed by atoms with E-state index in [1.807, 2.05) is 0 Å². The minimum Gasteiger partial charge on any atom is -0.382 e. The Morgan fingerprint density at radius 2 is 1.27 bits per heavy atom. The molecule has 1 N–H and O–H groups in total. The number of unbranched alkanes of at least 4 members (excludes halogenated alkanes) is 2. The van der Waals surface area contributed by atoms with Gasteiger partial charge in [-0.05, 0) is 37.5 Å². The van der Waals surface area contributed by atoms with Gasteiger partial charge in [0.15, 0.2) is 23.3 Å². The number of benzene rings is 1. The number of halogens is 4. The highest BCUT2D eigenvalue weighted by Crippen LogP contribution is 2.42. The van der Waals surface area contributed by atoms with E-state index < -0.39 is 54.6 Å². The monoisotopic (exact) mass is 521 g/mol. The largest absolute Gasteiger partial charge is 0.382 e. The zero-order valence-electron chi connectivity index (χ0n) is 19.1. The molecule has 192 valence electrons. The second-order valence-electron chi connectivity index (χ2n) is 7.87.